The Bertz CT molecular complexity index is 401. The van der Waals surface area contributed by atoms with Gasteiger partial charge in [0.15, 0.2) is 0 Å². The molecule has 4 heteroatoms. The van der Waals surface area contributed by atoms with Crippen LogP contribution in [0.1, 0.15) is 77.6 Å². The number of alkyl halides is 1. The lowest BCUT2D eigenvalue weighted by molar-refractivity contribution is 0.156. The van der Waals surface area contributed by atoms with Gasteiger partial charge >= 0.3 is 0 Å². The van der Waals surface area contributed by atoms with Gasteiger partial charge < -0.3 is 5.73 Å². The van der Waals surface area contributed by atoms with E-state index in [1.54, 1.807) is 0 Å². The Kier molecular flexibility index (Phi) is 10.6. The van der Waals surface area contributed by atoms with Crippen molar-refractivity contribution in [3.8, 4) is 0 Å². The molecular weight excluding hydrogens is 445 g/mol. The smallest absolute Gasteiger partial charge is 0.130 e. The molecule has 0 amide bonds. The SMILES string of the molecule is C=IC(OCl)C(C)/C=C\CCCC1CCC(C2CCC(N)CC2)CC1. The highest BCUT2D eigenvalue weighted by atomic mass is 127. The van der Waals surface area contributed by atoms with Crippen LogP contribution >= 0.6 is 32.6 Å². The molecule has 0 heterocycles. The lowest BCUT2D eigenvalue weighted by Crippen LogP contribution is -2.31. The standard InChI is InChI=1S/C21H37ClINO/c1-16(21(23-2)25-22)6-4-3-5-7-17-8-10-18(11-9-17)19-12-14-20(24)15-13-19/h4,6,16-21H,2-3,5,7-15,24H2,1H3/b6-4-. The molecule has 2 atom stereocenters. The largest absolute Gasteiger partial charge is 0.328 e. The minimum Gasteiger partial charge on any atom is -0.328 e. The molecule has 0 aromatic rings. The van der Waals surface area contributed by atoms with Crippen LogP contribution in [0.25, 0.3) is 0 Å². The second-order valence-corrected chi connectivity index (χ2v) is 10.6. The van der Waals surface area contributed by atoms with E-state index in [1.807, 2.05) is 0 Å². The number of hydrogen-bond acceptors (Lipinski definition) is 2. The van der Waals surface area contributed by atoms with Gasteiger partial charge in [0.05, 0.1) is 11.9 Å². The number of halogens is 2. The molecule has 0 aromatic carbocycles. The average molecular weight is 482 g/mol. The Morgan fingerprint density at radius 1 is 1.12 bits per heavy atom. The lowest BCUT2D eigenvalue weighted by Gasteiger charge is -2.37. The van der Waals surface area contributed by atoms with Gasteiger partial charge in [0, 0.05) is 12.0 Å². The van der Waals surface area contributed by atoms with Crippen LogP contribution in [0.3, 0.4) is 0 Å². The number of rotatable bonds is 9. The second-order valence-electron chi connectivity index (χ2n) is 8.27. The van der Waals surface area contributed by atoms with Gasteiger partial charge in [-0.15, -0.1) is 0 Å². The van der Waals surface area contributed by atoms with Crippen LogP contribution in [0, 0.1) is 23.7 Å². The zero-order valence-corrected chi connectivity index (χ0v) is 18.8. The summed E-state index contributed by atoms with van der Waals surface area (Å²) in [6.45, 7) is 2.17. The molecule has 2 unspecified atom stereocenters. The summed E-state index contributed by atoms with van der Waals surface area (Å²) < 4.78 is 9.11. The highest BCUT2D eigenvalue weighted by Crippen LogP contribution is 2.40. The molecule has 2 rings (SSSR count). The minimum absolute atomic E-state index is 0.140. The zero-order chi connectivity index (χ0) is 18.1. The predicted octanol–water partition coefficient (Wildman–Crippen LogP) is 6.57. The summed E-state index contributed by atoms with van der Waals surface area (Å²) in [5, 5.41) is 0. The molecule has 2 N–H and O–H groups in total. The van der Waals surface area contributed by atoms with E-state index in [0.29, 0.717) is 12.0 Å². The third-order valence-corrected chi connectivity index (χ3v) is 9.20. The van der Waals surface area contributed by atoms with Gasteiger partial charge in [0.1, 0.15) is 4.11 Å². The van der Waals surface area contributed by atoms with Crippen molar-refractivity contribution in [3.63, 3.8) is 0 Å². The maximum Gasteiger partial charge on any atom is 0.130 e. The highest BCUT2D eigenvalue weighted by Gasteiger charge is 2.29. The first-order valence-corrected chi connectivity index (χ1v) is 13.3. The van der Waals surface area contributed by atoms with Crippen LogP contribution in [0.2, 0.25) is 0 Å². The number of unbranched alkanes of at least 4 members (excludes halogenated alkanes) is 1. The summed E-state index contributed by atoms with van der Waals surface area (Å²) in [7, 11) is 0. The molecular formula is C21H37ClINO. The van der Waals surface area contributed by atoms with Crippen molar-refractivity contribution < 1.29 is 4.29 Å². The Morgan fingerprint density at radius 2 is 1.72 bits per heavy atom. The fraction of sp³-hybridized carbons (Fsp3) is 0.857. The Morgan fingerprint density at radius 3 is 2.28 bits per heavy atom. The molecule has 2 aliphatic rings. The van der Waals surface area contributed by atoms with E-state index in [0.717, 1.165) is 17.8 Å². The first-order valence-electron chi connectivity index (χ1n) is 10.2. The molecule has 2 fully saturated rings. The molecule has 2 nitrogen and oxygen atoms in total. The summed E-state index contributed by atoms with van der Waals surface area (Å²) >= 11 is 5.32. The number of hydrogen-bond donors (Lipinski definition) is 1. The fourth-order valence-electron chi connectivity index (χ4n) is 4.73. The quantitative estimate of drug-likeness (QED) is 0.175. The Labute approximate surface area is 170 Å². The van der Waals surface area contributed by atoms with Crippen LogP contribution in [-0.2, 0) is 4.29 Å². The van der Waals surface area contributed by atoms with Gasteiger partial charge in [-0.2, -0.15) is 0 Å². The average Bonchev–Trinajstić information content (AvgIpc) is 2.64. The van der Waals surface area contributed by atoms with Gasteiger partial charge in [-0.3, -0.25) is 4.29 Å². The molecule has 0 aliphatic heterocycles. The fourth-order valence-corrected chi connectivity index (χ4v) is 6.39. The molecule has 0 radical (unpaired) electrons. The van der Waals surface area contributed by atoms with Gasteiger partial charge in [-0.05, 0) is 69.1 Å². The van der Waals surface area contributed by atoms with Crippen molar-refractivity contribution in [1.29, 1.82) is 0 Å². The van der Waals surface area contributed by atoms with Gasteiger partial charge in [-0.25, -0.2) is 0 Å². The van der Waals surface area contributed by atoms with Gasteiger partial charge in [0.2, 0.25) is 0 Å². The maximum absolute atomic E-state index is 6.06. The molecule has 2 aliphatic carbocycles. The number of allylic oxidation sites excluding steroid dienone is 1. The van der Waals surface area contributed by atoms with E-state index in [4.69, 9.17) is 21.9 Å². The minimum atomic E-state index is -0.211. The number of nitrogens with two attached hydrogens (primary N) is 1. The third kappa shape index (κ3) is 7.59. The van der Waals surface area contributed by atoms with Crippen molar-refractivity contribution in [3.05, 3.63) is 12.2 Å². The van der Waals surface area contributed by atoms with Crippen molar-refractivity contribution in [2.45, 2.75) is 87.7 Å². The predicted molar refractivity (Wildman–Crippen MR) is 119 cm³/mol. The van der Waals surface area contributed by atoms with Crippen LogP contribution in [-0.4, -0.2) is 14.7 Å². The molecule has 0 saturated heterocycles. The molecule has 0 aromatic heterocycles. The van der Waals surface area contributed by atoms with Crippen molar-refractivity contribution >= 4 is 37.1 Å². The third-order valence-electron chi connectivity index (χ3n) is 6.45. The van der Waals surface area contributed by atoms with Gasteiger partial charge in [0.25, 0.3) is 0 Å². The van der Waals surface area contributed by atoms with E-state index in [1.165, 1.54) is 70.6 Å². The summed E-state index contributed by atoms with van der Waals surface area (Å²) in [6.07, 6.45) is 19.7. The van der Waals surface area contributed by atoms with Crippen molar-refractivity contribution in [1.82, 2.24) is 0 Å². The topological polar surface area (TPSA) is 35.2 Å². The van der Waals surface area contributed by atoms with Crippen molar-refractivity contribution in [2.75, 3.05) is 0 Å². The first-order chi connectivity index (χ1) is 12.1. The molecule has 0 bridgehead atoms. The summed E-state index contributed by atoms with van der Waals surface area (Å²) in [5.74, 6) is 3.35. The molecule has 0 spiro atoms. The van der Waals surface area contributed by atoms with E-state index in [9.17, 15) is 0 Å². The zero-order valence-electron chi connectivity index (χ0n) is 15.8. The van der Waals surface area contributed by atoms with E-state index >= 15 is 0 Å². The van der Waals surface area contributed by atoms with Crippen LogP contribution in [0.4, 0.5) is 0 Å². The van der Waals surface area contributed by atoms with Crippen LogP contribution in [0.5, 0.6) is 0 Å². The maximum atomic E-state index is 6.06. The van der Waals surface area contributed by atoms with Crippen LogP contribution < -0.4 is 5.73 Å². The Hall–Kier alpha value is 0.550. The highest BCUT2D eigenvalue weighted by molar-refractivity contribution is 14.2. The van der Waals surface area contributed by atoms with Crippen molar-refractivity contribution in [2.24, 2.45) is 29.4 Å². The summed E-state index contributed by atoms with van der Waals surface area (Å²) in [6, 6.07) is 0.491. The normalized spacial score (nSPS) is 33.4. The monoisotopic (exact) mass is 481 g/mol. The second kappa shape index (κ2) is 12.1. The first kappa shape index (κ1) is 21.8. The summed E-state index contributed by atoms with van der Waals surface area (Å²) in [5.41, 5.74) is 6.06. The summed E-state index contributed by atoms with van der Waals surface area (Å²) in [4.78, 5) is 0. The lowest BCUT2D eigenvalue weighted by atomic mass is 9.70. The molecule has 25 heavy (non-hydrogen) atoms. The van der Waals surface area contributed by atoms with Gasteiger partial charge in [-0.1, -0.05) is 63.6 Å². The van der Waals surface area contributed by atoms with E-state index in [2.05, 4.69) is 23.6 Å². The molecule has 2 saturated carbocycles. The van der Waals surface area contributed by atoms with E-state index < -0.39 is 0 Å². The molecule has 146 valence electrons. The van der Waals surface area contributed by atoms with Crippen LogP contribution in [0.15, 0.2) is 12.2 Å². The van der Waals surface area contributed by atoms with E-state index in [-0.39, 0.29) is 24.8 Å². The Balaban J connectivity index is 1.57.